The fourth-order valence-electron chi connectivity index (χ4n) is 2.29. The zero-order valence-corrected chi connectivity index (χ0v) is 15.0. The summed E-state index contributed by atoms with van der Waals surface area (Å²) in [6, 6.07) is 0. The summed E-state index contributed by atoms with van der Waals surface area (Å²) >= 11 is 1.61. The molecule has 0 aliphatic carbocycles. The monoisotopic (exact) mass is 316 g/mol. The first-order valence-electron chi connectivity index (χ1n) is 7.78. The van der Waals surface area contributed by atoms with Crippen molar-refractivity contribution >= 4 is 29.4 Å². The van der Waals surface area contributed by atoms with Gasteiger partial charge in [0.2, 0.25) is 0 Å². The van der Waals surface area contributed by atoms with Crippen molar-refractivity contribution in [2.45, 2.75) is 53.5 Å². The molecule has 3 aliphatic heterocycles. The molecule has 22 heavy (non-hydrogen) atoms. The summed E-state index contributed by atoms with van der Waals surface area (Å²) in [4.78, 5) is 16.4. The van der Waals surface area contributed by atoms with Crippen molar-refractivity contribution in [3.63, 3.8) is 0 Å². The third kappa shape index (κ3) is 2.35. The van der Waals surface area contributed by atoms with Crippen molar-refractivity contribution < 1.29 is 0 Å². The molecule has 2 unspecified atom stereocenters. The van der Waals surface area contributed by atoms with Gasteiger partial charge >= 0.3 is 0 Å². The Morgan fingerprint density at radius 1 is 1.18 bits per heavy atom. The average Bonchev–Trinajstić information content (AvgIpc) is 2.69. The van der Waals surface area contributed by atoms with Crippen LogP contribution in [0.3, 0.4) is 0 Å². The Kier molecular flexibility index (Phi) is 3.40. The molecule has 0 aromatic heterocycles. The maximum absolute atomic E-state index is 4.99. The summed E-state index contributed by atoms with van der Waals surface area (Å²) < 4.78 is 0. The standard InChI is InChI=1S/C17H24N4S/c1-7-16(5)10-18-12-13(19-11-16)22-14-20-17(6,15(2,3)4)8-9-21(12)14/h8-11H,7H2,1-6H3. The van der Waals surface area contributed by atoms with Gasteiger partial charge in [-0.2, -0.15) is 0 Å². The molecule has 4 nitrogen and oxygen atoms in total. The van der Waals surface area contributed by atoms with Gasteiger partial charge in [-0.3, -0.25) is 9.89 Å². The second-order valence-electron chi connectivity index (χ2n) is 7.58. The van der Waals surface area contributed by atoms with Gasteiger partial charge in [-0.15, -0.1) is 0 Å². The van der Waals surface area contributed by atoms with Gasteiger partial charge in [0.05, 0.1) is 5.54 Å². The molecule has 0 bridgehead atoms. The van der Waals surface area contributed by atoms with Crippen LogP contribution in [0.2, 0.25) is 0 Å². The fourth-order valence-corrected chi connectivity index (χ4v) is 3.29. The van der Waals surface area contributed by atoms with Gasteiger partial charge in [0, 0.05) is 24.0 Å². The topological polar surface area (TPSA) is 40.3 Å². The number of aliphatic imine (C=N–C) groups is 3. The number of fused-ring (bicyclic) bond motifs is 2. The molecule has 3 rings (SSSR count). The molecule has 118 valence electrons. The molecular weight excluding hydrogens is 292 g/mol. The lowest BCUT2D eigenvalue weighted by molar-refractivity contribution is 0.258. The van der Waals surface area contributed by atoms with Crippen molar-refractivity contribution in [3.05, 3.63) is 23.1 Å². The molecule has 0 aromatic rings. The van der Waals surface area contributed by atoms with E-state index in [-0.39, 0.29) is 16.4 Å². The summed E-state index contributed by atoms with van der Waals surface area (Å²) in [6.07, 6.45) is 9.29. The smallest absolute Gasteiger partial charge is 0.176 e. The zero-order valence-electron chi connectivity index (χ0n) is 14.2. The highest BCUT2D eigenvalue weighted by Crippen LogP contribution is 2.45. The number of amidine groups is 1. The molecule has 3 heterocycles. The number of nitrogens with zero attached hydrogens (tertiary/aromatic N) is 4. The van der Waals surface area contributed by atoms with Crippen molar-refractivity contribution in [1.29, 1.82) is 0 Å². The van der Waals surface area contributed by atoms with Gasteiger partial charge in [-0.05, 0) is 43.5 Å². The molecule has 0 saturated carbocycles. The van der Waals surface area contributed by atoms with Gasteiger partial charge in [0.1, 0.15) is 5.03 Å². The van der Waals surface area contributed by atoms with E-state index < -0.39 is 0 Å². The summed E-state index contributed by atoms with van der Waals surface area (Å²) in [6.45, 7) is 13.2. The highest BCUT2D eigenvalue weighted by Gasteiger charge is 2.41. The minimum Gasteiger partial charge on any atom is -0.278 e. The van der Waals surface area contributed by atoms with Gasteiger partial charge in [-0.25, -0.2) is 9.98 Å². The fraction of sp³-hybridized carbons (Fsp3) is 0.588. The molecule has 0 aromatic carbocycles. The van der Waals surface area contributed by atoms with Crippen LogP contribution in [-0.2, 0) is 0 Å². The molecule has 0 saturated heterocycles. The van der Waals surface area contributed by atoms with Crippen LogP contribution in [0.5, 0.6) is 0 Å². The molecular formula is C17H24N4S. The van der Waals surface area contributed by atoms with Crippen LogP contribution in [0, 0.1) is 10.8 Å². The van der Waals surface area contributed by atoms with Crippen molar-refractivity contribution in [3.8, 4) is 0 Å². The van der Waals surface area contributed by atoms with E-state index in [1.165, 1.54) is 0 Å². The van der Waals surface area contributed by atoms with E-state index in [0.717, 1.165) is 22.4 Å². The van der Waals surface area contributed by atoms with E-state index in [0.29, 0.717) is 0 Å². The van der Waals surface area contributed by atoms with Crippen molar-refractivity contribution in [2.24, 2.45) is 25.8 Å². The second-order valence-corrected chi connectivity index (χ2v) is 8.54. The van der Waals surface area contributed by atoms with Crippen molar-refractivity contribution in [1.82, 2.24) is 4.90 Å². The number of hydrogen-bond donors (Lipinski definition) is 0. The van der Waals surface area contributed by atoms with Crippen LogP contribution in [0.1, 0.15) is 48.0 Å². The Labute approximate surface area is 137 Å². The minimum atomic E-state index is -0.206. The van der Waals surface area contributed by atoms with E-state index in [2.05, 4.69) is 63.7 Å². The van der Waals surface area contributed by atoms with E-state index in [9.17, 15) is 0 Å². The third-order valence-corrected chi connectivity index (χ3v) is 5.88. The SMILES string of the molecule is CCC1(C)C=NC2=C(N=C1)N1C=CC(C)(C(C)(C)C)N=C1S2. The van der Waals surface area contributed by atoms with Gasteiger partial charge < -0.3 is 0 Å². The molecule has 0 spiro atoms. The largest absolute Gasteiger partial charge is 0.278 e. The first kappa shape index (κ1) is 15.5. The number of hydrogen-bond acceptors (Lipinski definition) is 5. The molecule has 0 fully saturated rings. The van der Waals surface area contributed by atoms with Crippen LogP contribution in [0.4, 0.5) is 0 Å². The van der Waals surface area contributed by atoms with Crippen molar-refractivity contribution in [2.75, 3.05) is 0 Å². The normalized spacial score (nSPS) is 33.7. The molecule has 0 amide bonds. The molecule has 0 N–H and O–H groups in total. The predicted molar refractivity (Wildman–Crippen MR) is 96.3 cm³/mol. The minimum absolute atomic E-state index is 0.0659. The van der Waals surface area contributed by atoms with E-state index >= 15 is 0 Å². The Hall–Kier alpha value is -1.36. The zero-order chi connectivity index (χ0) is 16.2. The Morgan fingerprint density at radius 3 is 2.50 bits per heavy atom. The summed E-state index contributed by atoms with van der Waals surface area (Å²) in [7, 11) is 0. The number of rotatable bonds is 1. The lowest BCUT2D eigenvalue weighted by Gasteiger charge is -2.39. The van der Waals surface area contributed by atoms with Crippen LogP contribution in [-0.4, -0.2) is 28.0 Å². The van der Waals surface area contributed by atoms with Gasteiger partial charge in [0.15, 0.2) is 11.0 Å². The third-order valence-electron chi connectivity index (χ3n) is 4.93. The Morgan fingerprint density at radius 2 is 1.86 bits per heavy atom. The quantitative estimate of drug-likeness (QED) is 0.718. The highest BCUT2D eigenvalue weighted by atomic mass is 32.2. The highest BCUT2D eigenvalue weighted by molar-refractivity contribution is 8.17. The van der Waals surface area contributed by atoms with E-state index in [4.69, 9.17) is 9.98 Å². The lowest BCUT2D eigenvalue weighted by Crippen LogP contribution is -2.41. The molecule has 3 aliphatic rings. The second kappa shape index (κ2) is 4.82. The van der Waals surface area contributed by atoms with Crippen LogP contribution >= 0.6 is 11.8 Å². The first-order valence-corrected chi connectivity index (χ1v) is 8.60. The summed E-state index contributed by atoms with van der Waals surface area (Å²) in [5.41, 5.74) is -0.208. The lowest BCUT2D eigenvalue weighted by atomic mass is 9.75. The predicted octanol–water partition coefficient (Wildman–Crippen LogP) is 4.42. The Balaban J connectivity index is 1.95. The maximum Gasteiger partial charge on any atom is 0.176 e. The molecule has 2 atom stereocenters. The van der Waals surface area contributed by atoms with E-state index in [1.54, 1.807) is 11.8 Å². The molecule has 5 heteroatoms. The summed E-state index contributed by atoms with van der Waals surface area (Å²) in [5.74, 6) is 0.893. The van der Waals surface area contributed by atoms with Crippen LogP contribution in [0.15, 0.2) is 38.1 Å². The Bertz CT molecular complexity index is 650. The molecule has 0 radical (unpaired) electrons. The van der Waals surface area contributed by atoms with Crippen LogP contribution < -0.4 is 0 Å². The van der Waals surface area contributed by atoms with E-state index in [1.807, 2.05) is 12.4 Å². The van der Waals surface area contributed by atoms with Crippen LogP contribution in [0.25, 0.3) is 0 Å². The number of thioether (sulfide) groups is 1. The maximum atomic E-state index is 4.99. The average molecular weight is 316 g/mol. The van der Waals surface area contributed by atoms with Gasteiger partial charge in [0.25, 0.3) is 0 Å². The van der Waals surface area contributed by atoms with Gasteiger partial charge in [-0.1, -0.05) is 27.7 Å². The first-order chi connectivity index (χ1) is 10.2. The summed E-state index contributed by atoms with van der Waals surface area (Å²) in [5, 5.41) is 1.91.